The molecule has 0 aliphatic rings. The number of benzene rings is 21. The van der Waals surface area contributed by atoms with Crippen LogP contribution in [0, 0.1) is 48.5 Å². The Morgan fingerprint density at radius 1 is 0.174 bits per heavy atom. The van der Waals surface area contributed by atoms with Crippen LogP contribution in [0.4, 0.5) is 0 Å². The van der Waals surface area contributed by atoms with Crippen molar-refractivity contribution in [2.75, 3.05) is 0 Å². The van der Waals surface area contributed by atoms with Crippen LogP contribution in [0.1, 0.15) is 38.9 Å². The molecule has 0 spiro atoms. The standard InChI is InChI=1S/2C25H17NO.C19H15N.C13H11N.2C13H10O.2C13H10S/c1-16-13-14-22-20(15-16)17-7-2-4-10-21(17)26(22)23-11-6-9-19-18-8-3-5-12-24(18)27-25(19)23;1-16-10-12-23-20(14-16)18-6-2-4-8-22(18)26(23)17-11-13-25-21(15-17)19-7-3-5-9-24(19)27-25;1-14-11-12-19-17(13-14)16-9-5-6-10-18(16)20(19)15-7-3-2-4-8-15;1-14-12-8-4-2-6-10(12)11-7-3-5-9-13(11)14;1-9-5-4-7-11-10-6-2-3-8-12(10)14-13(9)11;1-9-6-7-13-11(8-9)10-4-2-3-5-12(10)14-13;1-9-5-4-7-11-10-6-2-3-8-12(10)14-13(9)11;1-9-6-7-13-11(8-9)10-4-2-3-5-12(10)14-13/h2*2-15H,1H3;2-13H,1H3;2-9H,1H3;4*2-8H,1H3. The third kappa shape index (κ3) is 16.5. The maximum Gasteiger partial charge on any atom is 0.159 e. The molecule has 0 unspecified atom stereocenters. The summed E-state index contributed by atoms with van der Waals surface area (Å²) in [5.74, 6) is 0. The summed E-state index contributed by atoms with van der Waals surface area (Å²) in [6.45, 7) is 14.9. The van der Waals surface area contributed by atoms with Gasteiger partial charge >= 0.3 is 0 Å². The molecule has 144 heavy (non-hydrogen) atoms. The van der Waals surface area contributed by atoms with Crippen molar-refractivity contribution < 1.29 is 17.7 Å². The predicted octanol–water partition coefficient (Wildman–Crippen LogP) is 38.9. The van der Waals surface area contributed by atoms with Gasteiger partial charge in [-0.3, -0.25) is 0 Å². The molecule has 0 atom stereocenters. The van der Waals surface area contributed by atoms with Gasteiger partial charge in [-0.15, -0.1) is 22.7 Å². The first-order valence-electron chi connectivity index (χ1n) is 49.0. The molecule has 0 radical (unpaired) electrons. The minimum absolute atomic E-state index is 0.927. The molecule has 31 aromatic rings. The zero-order valence-electron chi connectivity index (χ0n) is 81.1. The molecule has 0 saturated heterocycles. The quantitative estimate of drug-likeness (QED) is 0.177. The van der Waals surface area contributed by atoms with E-state index >= 15 is 0 Å². The van der Waals surface area contributed by atoms with E-state index in [9.17, 15) is 0 Å². The smallest absolute Gasteiger partial charge is 0.159 e. The van der Waals surface area contributed by atoms with Crippen LogP contribution in [0.2, 0.25) is 0 Å². The van der Waals surface area contributed by atoms with Gasteiger partial charge in [-0.25, -0.2) is 0 Å². The van der Waals surface area contributed by atoms with Crippen molar-refractivity contribution in [3.8, 4) is 17.1 Å². The number of thiophene rings is 2. The zero-order chi connectivity index (χ0) is 97.2. The highest BCUT2D eigenvalue weighted by atomic mass is 32.1. The van der Waals surface area contributed by atoms with Crippen LogP contribution < -0.4 is 0 Å². The van der Waals surface area contributed by atoms with Crippen molar-refractivity contribution in [1.82, 2.24) is 18.3 Å². The van der Waals surface area contributed by atoms with E-state index in [1.165, 1.54) is 194 Å². The number of hydrogen-bond acceptors (Lipinski definition) is 6. The number of aryl methyl sites for hydroxylation is 8. The second kappa shape index (κ2) is 37.9. The van der Waals surface area contributed by atoms with E-state index < -0.39 is 0 Å². The first-order chi connectivity index (χ1) is 70.7. The Morgan fingerprint density at radius 2 is 0.486 bits per heavy atom. The van der Waals surface area contributed by atoms with E-state index in [1.54, 1.807) is 0 Å². The third-order valence-electron chi connectivity index (χ3n) is 27.8. The van der Waals surface area contributed by atoms with Crippen LogP contribution in [0.5, 0.6) is 0 Å². The maximum atomic E-state index is 6.31. The topological polar surface area (TPSA) is 72.3 Å². The molecule has 0 bridgehead atoms. The molecule has 0 fully saturated rings. The fraction of sp³-hybridized carbons (Fsp3) is 0.0597. The average Bonchev–Trinajstić information content (AvgIpc) is 1.57. The van der Waals surface area contributed by atoms with Gasteiger partial charge in [-0.1, -0.05) is 325 Å². The number of rotatable bonds is 3. The summed E-state index contributed by atoms with van der Waals surface area (Å²) in [5.41, 5.74) is 30.1. The minimum Gasteiger partial charge on any atom is -0.456 e. The number of para-hydroxylation sites is 12. The first kappa shape index (κ1) is 89.1. The highest BCUT2D eigenvalue weighted by Gasteiger charge is 2.21. The molecule has 10 heteroatoms. The van der Waals surface area contributed by atoms with Crippen molar-refractivity contribution in [2.24, 2.45) is 7.05 Å². The van der Waals surface area contributed by atoms with Crippen LogP contribution in [0.15, 0.2) is 479 Å². The number of hydrogen-bond donors (Lipinski definition) is 0. The van der Waals surface area contributed by atoms with Crippen LogP contribution in [0.3, 0.4) is 0 Å². The SMILES string of the molecule is Cc1ccc2c(c1)c1ccccc1n2-c1ccc2oc3ccccc3c2c1.Cc1ccc2c(c1)c1ccccc1n2-c1cccc2c1oc1ccccc12.Cc1ccc2c(c1)c1ccccc1n2-c1ccccc1.Cc1ccc2oc3ccccc3c2c1.Cc1ccc2sc3ccccc3c2c1.Cc1cccc2c1oc1ccccc12.Cc1cccc2c1sc1ccccc12.Cn1c2ccccc2c2ccccc21. The monoisotopic (exact) mass is 1890 g/mol. The van der Waals surface area contributed by atoms with Gasteiger partial charge in [0.25, 0.3) is 0 Å². The molecule has 21 aromatic carbocycles. The summed E-state index contributed by atoms with van der Waals surface area (Å²) in [5, 5.41) is 25.4. The van der Waals surface area contributed by atoms with Gasteiger partial charge in [0.15, 0.2) is 5.58 Å². The van der Waals surface area contributed by atoms with Crippen molar-refractivity contribution in [3.63, 3.8) is 0 Å². The molecule has 0 aliphatic heterocycles. The molecular weight excluding hydrogens is 1790 g/mol. The van der Waals surface area contributed by atoms with Crippen LogP contribution >= 0.6 is 22.7 Å². The van der Waals surface area contributed by atoms with Gasteiger partial charge in [0.05, 0.1) is 38.8 Å². The van der Waals surface area contributed by atoms with Gasteiger partial charge < -0.3 is 35.9 Å². The molecule has 8 nitrogen and oxygen atoms in total. The second-order valence-corrected chi connectivity index (χ2v) is 39.5. The first-order valence-corrected chi connectivity index (χ1v) is 50.7. The predicted molar refractivity (Wildman–Crippen MR) is 617 cm³/mol. The lowest BCUT2D eigenvalue weighted by Gasteiger charge is -2.08. The Labute approximate surface area is 840 Å². The highest BCUT2D eigenvalue weighted by Crippen LogP contribution is 2.44. The Hall–Kier alpha value is -17.5. The van der Waals surface area contributed by atoms with E-state index in [1.807, 2.05) is 89.4 Å². The van der Waals surface area contributed by atoms with E-state index in [2.05, 4.69) is 468 Å². The maximum absolute atomic E-state index is 6.31. The lowest BCUT2D eigenvalue weighted by molar-refractivity contribution is 0.665. The van der Waals surface area contributed by atoms with Crippen LogP contribution in [0.25, 0.3) is 232 Å². The molecule has 31 rings (SSSR count). The summed E-state index contributed by atoms with van der Waals surface area (Å²) in [7, 11) is 2.12. The number of fused-ring (bicyclic) bond motifs is 30. The summed E-state index contributed by atoms with van der Waals surface area (Å²) < 4.78 is 38.6. The minimum atomic E-state index is 0.927. The largest absolute Gasteiger partial charge is 0.456 e. The highest BCUT2D eigenvalue weighted by molar-refractivity contribution is 7.26. The van der Waals surface area contributed by atoms with E-state index in [0.717, 1.165) is 77.6 Å². The Kier molecular flexibility index (Phi) is 23.4. The Bertz CT molecular complexity index is 10000. The number of nitrogens with zero attached hydrogens (tertiary/aromatic N) is 4. The number of aromatic nitrogens is 4. The van der Waals surface area contributed by atoms with Crippen molar-refractivity contribution in [2.45, 2.75) is 48.5 Å². The molecule has 0 saturated carbocycles. The van der Waals surface area contributed by atoms with Gasteiger partial charge in [0, 0.05) is 156 Å². The zero-order valence-corrected chi connectivity index (χ0v) is 82.7. The lowest BCUT2D eigenvalue weighted by Crippen LogP contribution is -1.94. The van der Waals surface area contributed by atoms with Crippen molar-refractivity contribution in [1.29, 1.82) is 0 Å². The summed E-state index contributed by atoms with van der Waals surface area (Å²) in [4.78, 5) is 0. The molecule has 0 amide bonds. The summed E-state index contributed by atoms with van der Waals surface area (Å²) >= 11 is 3.76. The van der Waals surface area contributed by atoms with Crippen LogP contribution in [-0.4, -0.2) is 18.3 Å². The Morgan fingerprint density at radius 3 is 1.01 bits per heavy atom. The van der Waals surface area contributed by atoms with E-state index in [-0.39, 0.29) is 0 Å². The van der Waals surface area contributed by atoms with Gasteiger partial charge in [0.2, 0.25) is 0 Å². The molecular formula is C134H100N4O4S2. The average molecular weight is 1890 g/mol. The van der Waals surface area contributed by atoms with Crippen LogP contribution in [-0.2, 0) is 7.05 Å². The molecule has 692 valence electrons. The molecule has 10 aromatic heterocycles. The number of furan rings is 4. The summed E-state index contributed by atoms with van der Waals surface area (Å²) in [6, 6.07) is 162. The van der Waals surface area contributed by atoms with E-state index in [4.69, 9.17) is 17.7 Å². The molecule has 0 N–H and O–H groups in total. The second-order valence-electron chi connectivity index (χ2n) is 37.4. The Balaban J connectivity index is 0.0000000900. The van der Waals surface area contributed by atoms with Crippen molar-refractivity contribution in [3.05, 3.63) is 500 Å². The van der Waals surface area contributed by atoms with Gasteiger partial charge in [-0.2, -0.15) is 0 Å². The molecule has 10 heterocycles. The fourth-order valence-electron chi connectivity index (χ4n) is 21.0. The normalized spacial score (nSPS) is 11.5. The van der Waals surface area contributed by atoms with Crippen molar-refractivity contribution >= 4 is 238 Å². The van der Waals surface area contributed by atoms with Gasteiger partial charge in [-0.05, 0) is 223 Å². The van der Waals surface area contributed by atoms with E-state index in [0.29, 0.717) is 0 Å². The fourth-order valence-corrected chi connectivity index (χ4v) is 23.2. The lowest BCUT2D eigenvalue weighted by atomic mass is 10.1. The molecule has 0 aliphatic carbocycles. The third-order valence-corrected chi connectivity index (χ3v) is 30.3. The summed E-state index contributed by atoms with van der Waals surface area (Å²) in [6.07, 6.45) is 0. The van der Waals surface area contributed by atoms with Gasteiger partial charge in [0.1, 0.15) is 39.1 Å².